The number of ether oxygens (including phenoxy) is 3. The van der Waals surface area contributed by atoms with Gasteiger partial charge in [-0.15, -0.1) is 0 Å². The SMILES string of the molecule is CCCCOc1ccc(OCC(=O)NN=Cc2ccccc2OCc2ccccc2)cc1. The minimum absolute atomic E-state index is 0.139. The zero-order valence-electron chi connectivity index (χ0n) is 18.2. The lowest BCUT2D eigenvalue weighted by Gasteiger charge is -2.09. The molecule has 0 heterocycles. The second-order valence-corrected chi connectivity index (χ2v) is 7.07. The molecule has 1 amide bonds. The van der Waals surface area contributed by atoms with Crippen molar-refractivity contribution in [2.75, 3.05) is 13.2 Å². The number of hydrogen-bond acceptors (Lipinski definition) is 5. The van der Waals surface area contributed by atoms with E-state index in [2.05, 4.69) is 17.5 Å². The van der Waals surface area contributed by atoms with E-state index in [1.165, 1.54) is 0 Å². The number of hydrogen-bond donors (Lipinski definition) is 1. The van der Waals surface area contributed by atoms with Crippen LogP contribution >= 0.6 is 0 Å². The van der Waals surface area contributed by atoms with Gasteiger partial charge >= 0.3 is 0 Å². The summed E-state index contributed by atoms with van der Waals surface area (Å²) in [5.74, 6) is 1.71. The quantitative estimate of drug-likeness (QED) is 0.249. The van der Waals surface area contributed by atoms with Crippen LogP contribution in [0.15, 0.2) is 84.0 Å². The molecule has 0 aromatic heterocycles. The largest absolute Gasteiger partial charge is 0.494 e. The molecule has 166 valence electrons. The number of amides is 1. The zero-order chi connectivity index (χ0) is 22.4. The Labute approximate surface area is 188 Å². The van der Waals surface area contributed by atoms with E-state index < -0.39 is 0 Å². The van der Waals surface area contributed by atoms with Crippen LogP contribution < -0.4 is 19.6 Å². The summed E-state index contributed by atoms with van der Waals surface area (Å²) < 4.78 is 17.0. The van der Waals surface area contributed by atoms with Gasteiger partial charge in [-0.25, -0.2) is 5.43 Å². The molecule has 3 aromatic rings. The third kappa shape index (κ3) is 7.80. The van der Waals surface area contributed by atoms with Crippen LogP contribution in [0.5, 0.6) is 17.2 Å². The van der Waals surface area contributed by atoms with Crippen molar-refractivity contribution in [2.24, 2.45) is 5.10 Å². The van der Waals surface area contributed by atoms with Crippen molar-refractivity contribution in [3.8, 4) is 17.2 Å². The Bertz CT molecular complexity index is 988. The van der Waals surface area contributed by atoms with Gasteiger partial charge in [0.2, 0.25) is 0 Å². The van der Waals surface area contributed by atoms with Gasteiger partial charge in [0.1, 0.15) is 23.9 Å². The maximum atomic E-state index is 12.0. The van der Waals surface area contributed by atoms with Crippen LogP contribution in [0.3, 0.4) is 0 Å². The van der Waals surface area contributed by atoms with Crippen molar-refractivity contribution in [3.05, 3.63) is 90.0 Å². The fraction of sp³-hybridized carbons (Fsp3) is 0.231. The Hall–Kier alpha value is -3.80. The summed E-state index contributed by atoms with van der Waals surface area (Å²) in [5.41, 5.74) is 4.31. The lowest BCUT2D eigenvalue weighted by Crippen LogP contribution is -2.24. The number of nitrogens with one attached hydrogen (secondary N) is 1. The number of nitrogens with zero attached hydrogens (tertiary/aromatic N) is 1. The minimum atomic E-state index is -0.354. The normalized spacial score (nSPS) is 10.7. The minimum Gasteiger partial charge on any atom is -0.494 e. The van der Waals surface area contributed by atoms with E-state index in [0.717, 1.165) is 29.7 Å². The molecule has 3 aromatic carbocycles. The Morgan fingerprint density at radius 3 is 2.31 bits per heavy atom. The molecule has 0 unspecified atom stereocenters. The average Bonchev–Trinajstić information content (AvgIpc) is 2.84. The number of para-hydroxylation sites is 1. The molecule has 0 bridgehead atoms. The van der Waals surface area contributed by atoms with E-state index >= 15 is 0 Å². The first-order chi connectivity index (χ1) is 15.7. The first-order valence-corrected chi connectivity index (χ1v) is 10.7. The summed E-state index contributed by atoms with van der Waals surface area (Å²) >= 11 is 0. The number of unbranched alkanes of at least 4 members (excludes halogenated alkanes) is 1. The molecule has 6 nitrogen and oxygen atoms in total. The number of hydrazone groups is 1. The van der Waals surface area contributed by atoms with Gasteiger partial charge in [0.25, 0.3) is 5.91 Å². The number of rotatable bonds is 12. The van der Waals surface area contributed by atoms with Gasteiger partial charge in [-0.05, 0) is 48.4 Å². The summed E-state index contributed by atoms with van der Waals surface area (Å²) in [6.07, 6.45) is 3.66. The van der Waals surface area contributed by atoms with Crippen molar-refractivity contribution in [1.82, 2.24) is 5.43 Å². The highest BCUT2D eigenvalue weighted by atomic mass is 16.5. The molecule has 0 radical (unpaired) electrons. The van der Waals surface area contributed by atoms with Crippen LogP contribution in [-0.2, 0) is 11.4 Å². The first-order valence-electron chi connectivity index (χ1n) is 10.7. The molecule has 6 heteroatoms. The Kier molecular flexibility index (Phi) is 9.15. The number of carbonyl (C=O) groups is 1. The van der Waals surface area contributed by atoms with Gasteiger partial charge in [0.15, 0.2) is 6.61 Å². The lowest BCUT2D eigenvalue weighted by atomic mass is 10.2. The van der Waals surface area contributed by atoms with E-state index in [1.807, 2.05) is 66.7 Å². The molecule has 3 rings (SSSR count). The number of benzene rings is 3. The molecule has 32 heavy (non-hydrogen) atoms. The summed E-state index contributed by atoms with van der Waals surface area (Å²) in [6.45, 7) is 3.12. The van der Waals surface area contributed by atoms with Crippen LogP contribution in [0.4, 0.5) is 0 Å². The summed E-state index contributed by atoms with van der Waals surface area (Å²) in [6, 6.07) is 24.6. The molecule has 0 aliphatic heterocycles. The van der Waals surface area contributed by atoms with Gasteiger partial charge < -0.3 is 14.2 Å². The highest BCUT2D eigenvalue weighted by molar-refractivity contribution is 5.85. The Morgan fingerprint density at radius 1 is 0.875 bits per heavy atom. The van der Waals surface area contributed by atoms with Gasteiger partial charge in [-0.1, -0.05) is 55.8 Å². The van der Waals surface area contributed by atoms with Crippen LogP contribution in [0.2, 0.25) is 0 Å². The molecule has 0 atom stereocenters. The maximum absolute atomic E-state index is 12.0. The van der Waals surface area contributed by atoms with E-state index in [-0.39, 0.29) is 12.5 Å². The van der Waals surface area contributed by atoms with E-state index in [4.69, 9.17) is 14.2 Å². The second kappa shape index (κ2) is 12.8. The van der Waals surface area contributed by atoms with Gasteiger partial charge in [0.05, 0.1) is 12.8 Å². The van der Waals surface area contributed by atoms with Crippen LogP contribution in [0.1, 0.15) is 30.9 Å². The number of carbonyl (C=O) groups excluding carboxylic acids is 1. The maximum Gasteiger partial charge on any atom is 0.277 e. The third-order valence-electron chi connectivity index (χ3n) is 4.51. The van der Waals surface area contributed by atoms with Crippen molar-refractivity contribution < 1.29 is 19.0 Å². The van der Waals surface area contributed by atoms with E-state index in [0.29, 0.717) is 24.7 Å². The van der Waals surface area contributed by atoms with Crippen molar-refractivity contribution in [3.63, 3.8) is 0 Å². The molecule has 0 saturated heterocycles. The van der Waals surface area contributed by atoms with Crippen LogP contribution in [0.25, 0.3) is 0 Å². The highest BCUT2D eigenvalue weighted by Crippen LogP contribution is 2.18. The second-order valence-electron chi connectivity index (χ2n) is 7.07. The molecule has 1 N–H and O–H groups in total. The molecule has 0 aliphatic carbocycles. The van der Waals surface area contributed by atoms with Crippen molar-refractivity contribution in [2.45, 2.75) is 26.4 Å². The van der Waals surface area contributed by atoms with Gasteiger partial charge in [-0.2, -0.15) is 5.10 Å². The zero-order valence-corrected chi connectivity index (χ0v) is 18.2. The fourth-order valence-corrected chi connectivity index (χ4v) is 2.78. The Balaban J connectivity index is 1.44. The smallest absolute Gasteiger partial charge is 0.277 e. The highest BCUT2D eigenvalue weighted by Gasteiger charge is 2.04. The fourth-order valence-electron chi connectivity index (χ4n) is 2.78. The molecule has 0 fully saturated rings. The summed E-state index contributed by atoms with van der Waals surface area (Å²) in [4.78, 5) is 12.0. The molecule has 0 spiro atoms. The predicted molar refractivity (Wildman–Crippen MR) is 125 cm³/mol. The van der Waals surface area contributed by atoms with Crippen LogP contribution in [-0.4, -0.2) is 25.3 Å². The van der Waals surface area contributed by atoms with Crippen molar-refractivity contribution >= 4 is 12.1 Å². The Morgan fingerprint density at radius 2 is 1.56 bits per heavy atom. The van der Waals surface area contributed by atoms with E-state index in [9.17, 15) is 4.79 Å². The molecule has 0 saturated carbocycles. The van der Waals surface area contributed by atoms with Gasteiger partial charge in [-0.3, -0.25) is 4.79 Å². The topological polar surface area (TPSA) is 69.2 Å². The monoisotopic (exact) mass is 432 g/mol. The molecule has 0 aliphatic rings. The van der Waals surface area contributed by atoms with E-state index in [1.54, 1.807) is 18.3 Å². The first kappa shape index (κ1) is 22.9. The van der Waals surface area contributed by atoms with Gasteiger partial charge in [0, 0.05) is 5.56 Å². The summed E-state index contributed by atoms with van der Waals surface area (Å²) in [7, 11) is 0. The standard InChI is InChI=1S/C26H28N2O4/c1-2-3-17-30-23-13-15-24(16-14-23)31-20-26(29)28-27-18-22-11-7-8-12-25(22)32-19-21-9-5-4-6-10-21/h4-16,18H,2-3,17,19-20H2,1H3,(H,28,29). The molecular formula is C26H28N2O4. The van der Waals surface area contributed by atoms with Crippen molar-refractivity contribution in [1.29, 1.82) is 0 Å². The third-order valence-corrected chi connectivity index (χ3v) is 4.51. The average molecular weight is 433 g/mol. The van der Waals surface area contributed by atoms with Crippen LogP contribution in [0, 0.1) is 0 Å². The predicted octanol–water partition coefficient (Wildman–Crippen LogP) is 4.97. The molecular weight excluding hydrogens is 404 g/mol. The summed E-state index contributed by atoms with van der Waals surface area (Å²) in [5, 5.41) is 4.02. The lowest BCUT2D eigenvalue weighted by molar-refractivity contribution is -0.123.